The molecule has 0 saturated carbocycles. The highest BCUT2D eigenvalue weighted by atomic mass is 16.5. The van der Waals surface area contributed by atoms with Gasteiger partial charge in [-0.1, -0.05) is 48.5 Å². The summed E-state index contributed by atoms with van der Waals surface area (Å²) >= 11 is 0. The van der Waals surface area contributed by atoms with Gasteiger partial charge in [-0.15, -0.1) is 0 Å². The third-order valence-corrected chi connectivity index (χ3v) is 8.66. The molecule has 254 valence electrons. The summed E-state index contributed by atoms with van der Waals surface area (Å²) in [6.45, 7) is 6.62. The number of urea groups is 1. The predicted molar refractivity (Wildman–Crippen MR) is 183 cm³/mol. The molecule has 0 fully saturated rings. The van der Waals surface area contributed by atoms with E-state index in [0.717, 1.165) is 33.5 Å². The SMILES string of the molecule is COc1ccc2c(c1)CC[C@H]1NC(=O)CC(C)(C)NC[C@@H](C)OC(=O)CCNC(=O)NCc3ccccc3-c3ccc(cc3)CN2C1=O. The van der Waals surface area contributed by atoms with E-state index in [1.54, 1.807) is 18.9 Å². The summed E-state index contributed by atoms with van der Waals surface area (Å²) in [7, 11) is 1.62. The Bertz CT molecular complexity index is 1640. The lowest BCUT2D eigenvalue weighted by molar-refractivity contribution is -0.148. The van der Waals surface area contributed by atoms with Crippen molar-refractivity contribution in [2.45, 2.75) is 77.2 Å². The largest absolute Gasteiger partial charge is 0.497 e. The van der Waals surface area contributed by atoms with Gasteiger partial charge in [0.15, 0.2) is 0 Å². The van der Waals surface area contributed by atoms with E-state index in [4.69, 9.17) is 9.47 Å². The maximum absolute atomic E-state index is 14.2. The smallest absolute Gasteiger partial charge is 0.315 e. The van der Waals surface area contributed by atoms with Crippen molar-refractivity contribution in [3.8, 4) is 16.9 Å². The molecule has 48 heavy (non-hydrogen) atoms. The summed E-state index contributed by atoms with van der Waals surface area (Å²) in [6.07, 6.45) is 0.713. The first kappa shape index (κ1) is 34.4. The van der Waals surface area contributed by atoms with Gasteiger partial charge in [0.05, 0.1) is 20.1 Å². The van der Waals surface area contributed by atoms with Crippen LogP contribution >= 0.6 is 0 Å². The number of methoxy groups -OCH3 is 1. The van der Waals surface area contributed by atoms with Crippen molar-refractivity contribution >= 4 is 29.5 Å². The van der Waals surface area contributed by atoms with E-state index in [1.165, 1.54) is 0 Å². The molecule has 0 aliphatic carbocycles. The van der Waals surface area contributed by atoms with Crippen molar-refractivity contribution in [2.75, 3.05) is 25.1 Å². The van der Waals surface area contributed by atoms with Crippen LogP contribution in [-0.2, 0) is 38.6 Å². The Morgan fingerprint density at radius 1 is 0.917 bits per heavy atom. The molecular formula is C37H45N5O6. The fourth-order valence-corrected chi connectivity index (χ4v) is 6.08. The Morgan fingerprint density at radius 2 is 1.69 bits per heavy atom. The molecule has 4 amide bonds. The number of carbonyl (C=O) groups is 4. The summed E-state index contributed by atoms with van der Waals surface area (Å²) in [5, 5.41) is 11.9. The number of ether oxygens (including phenoxy) is 2. The summed E-state index contributed by atoms with van der Waals surface area (Å²) < 4.78 is 11.0. The Kier molecular flexibility index (Phi) is 11.0. The van der Waals surface area contributed by atoms with Crippen molar-refractivity contribution in [3.05, 3.63) is 83.4 Å². The lowest BCUT2D eigenvalue weighted by atomic mass is 9.98. The first-order chi connectivity index (χ1) is 23.0. The average molecular weight is 656 g/mol. The number of esters is 1. The van der Waals surface area contributed by atoms with Gasteiger partial charge < -0.3 is 35.6 Å². The average Bonchev–Trinajstić information content (AvgIpc) is 3.18. The second-order valence-electron chi connectivity index (χ2n) is 13.0. The fourth-order valence-electron chi connectivity index (χ4n) is 6.08. The van der Waals surface area contributed by atoms with E-state index >= 15 is 0 Å². The van der Waals surface area contributed by atoms with Crippen LogP contribution in [0.15, 0.2) is 66.7 Å². The molecule has 3 aromatic carbocycles. The van der Waals surface area contributed by atoms with E-state index in [9.17, 15) is 19.2 Å². The third kappa shape index (κ3) is 8.92. The summed E-state index contributed by atoms with van der Waals surface area (Å²) in [6, 6.07) is 20.4. The maximum Gasteiger partial charge on any atom is 0.315 e. The van der Waals surface area contributed by atoms with Crippen molar-refractivity contribution in [2.24, 2.45) is 0 Å². The molecule has 6 rings (SSSR count). The van der Waals surface area contributed by atoms with Crippen LogP contribution in [0, 0.1) is 0 Å². The zero-order chi connectivity index (χ0) is 34.3. The summed E-state index contributed by atoms with van der Waals surface area (Å²) in [5.74, 6) is -0.161. The number of carbonyl (C=O) groups excluding carboxylic acids is 4. The number of amides is 4. The van der Waals surface area contributed by atoms with Crippen LogP contribution in [-0.4, -0.2) is 61.7 Å². The molecule has 11 nitrogen and oxygen atoms in total. The zero-order valence-electron chi connectivity index (χ0n) is 28.1. The molecule has 4 N–H and O–H groups in total. The van der Waals surface area contributed by atoms with Gasteiger partial charge >= 0.3 is 12.0 Å². The minimum atomic E-state index is -0.712. The molecule has 0 radical (unpaired) electrons. The molecule has 0 spiro atoms. The highest BCUT2D eigenvalue weighted by Gasteiger charge is 2.33. The van der Waals surface area contributed by atoms with Gasteiger partial charge in [0.25, 0.3) is 0 Å². The number of hydrogen-bond donors (Lipinski definition) is 4. The van der Waals surface area contributed by atoms with Crippen LogP contribution in [0.5, 0.6) is 5.75 Å². The second kappa shape index (κ2) is 15.3. The Labute approximate surface area is 281 Å². The minimum absolute atomic E-state index is 0.0234. The quantitative estimate of drug-likeness (QED) is 0.288. The maximum atomic E-state index is 14.2. The van der Waals surface area contributed by atoms with Gasteiger partial charge in [-0.2, -0.15) is 0 Å². The number of aryl methyl sites for hydroxylation is 1. The van der Waals surface area contributed by atoms with Crippen LogP contribution in [0.2, 0.25) is 0 Å². The summed E-state index contributed by atoms with van der Waals surface area (Å²) in [4.78, 5) is 54.2. The number of nitrogens with zero attached hydrogens (tertiary/aromatic N) is 1. The lowest BCUT2D eigenvalue weighted by Gasteiger charge is -2.29. The highest BCUT2D eigenvalue weighted by molar-refractivity contribution is 6.00. The van der Waals surface area contributed by atoms with Crippen molar-refractivity contribution < 1.29 is 28.7 Å². The number of nitrogens with one attached hydrogen (secondary N) is 4. The van der Waals surface area contributed by atoms with E-state index in [-0.39, 0.29) is 37.2 Å². The van der Waals surface area contributed by atoms with Crippen molar-refractivity contribution in [3.63, 3.8) is 0 Å². The van der Waals surface area contributed by atoms with Crippen molar-refractivity contribution in [1.82, 2.24) is 21.3 Å². The van der Waals surface area contributed by atoms with Crippen LogP contribution < -0.4 is 30.9 Å². The second-order valence-corrected chi connectivity index (χ2v) is 13.0. The normalized spacial score (nSPS) is 21.1. The number of fused-ring (bicyclic) bond motifs is 17. The van der Waals surface area contributed by atoms with Gasteiger partial charge in [-0.3, -0.25) is 14.4 Å². The molecule has 4 bridgehead atoms. The first-order valence-corrected chi connectivity index (χ1v) is 16.4. The Hall–Kier alpha value is -4.90. The molecular weight excluding hydrogens is 610 g/mol. The Morgan fingerprint density at radius 3 is 2.46 bits per heavy atom. The molecule has 3 aliphatic heterocycles. The number of rotatable bonds is 1. The molecule has 3 aliphatic rings. The lowest BCUT2D eigenvalue weighted by Crippen LogP contribution is -2.51. The van der Waals surface area contributed by atoms with Gasteiger partial charge in [-0.05, 0) is 79.6 Å². The predicted octanol–water partition coefficient (Wildman–Crippen LogP) is 4.22. The zero-order valence-corrected chi connectivity index (χ0v) is 28.1. The molecule has 0 saturated heterocycles. The highest BCUT2D eigenvalue weighted by Crippen LogP contribution is 2.32. The van der Waals surface area contributed by atoms with Gasteiger partial charge in [0.2, 0.25) is 11.8 Å². The van der Waals surface area contributed by atoms with E-state index in [2.05, 4.69) is 21.3 Å². The fraction of sp³-hybridized carbons (Fsp3) is 0.405. The van der Waals surface area contributed by atoms with Crippen molar-refractivity contribution in [1.29, 1.82) is 0 Å². The van der Waals surface area contributed by atoms with Crippen LogP contribution in [0.4, 0.5) is 10.5 Å². The van der Waals surface area contributed by atoms with Crippen LogP contribution in [0.3, 0.4) is 0 Å². The summed E-state index contributed by atoms with van der Waals surface area (Å²) in [5.41, 5.74) is 4.91. The van der Waals surface area contributed by atoms with Gasteiger partial charge in [0.1, 0.15) is 17.9 Å². The molecule has 0 aromatic heterocycles. The molecule has 0 unspecified atom stereocenters. The topological polar surface area (TPSA) is 138 Å². The first-order valence-electron chi connectivity index (χ1n) is 16.4. The molecule has 2 atom stereocenters. The number of benzene rings is 3. The third-order valence-electron chi connectivity index (χ3n) is 8.66. The number of anilines is 1. The van der Waals surface area contributed by atoms with Gasteiger partial charge in [0, 0.05) is 37.3 Å². The monoisotopic (exact) mass is 655 g/mol. The van der Waals surface area contributed by atoms with Gasteiger partial charge in [-0.25, -0.2) is 4.79 Å². The van der Waals surface area contributed by atoms with Crippen LogP contribution in [0.1, 0.15) is 56.7 Å². The molecule has 3 heterocycles. The van der Waals surface area contributed by atoms with E-state index in [1.807, 2.05) is 80.6 Å². The van der Waals surface area contributed by atoms with Crippen LogP contribution in [0.25, 0.3) is 11.1 Å². The number of hydrogen-bond acceptors (Lipinski definition) is 7. The Balaban J connectivity index is 1.44. The standard InChI is InChI=1S/C37H45N5O6/c1-24-21-40-37(2,3)20-33(43)41-31-15-13-27-19-29(47-4)14-16-32(27)42(35(31)45)23-25-9-11-26(12-10-25)30-8-6-5-7-28(30)22-39-36(46)38-18-17-34(44)48-24/h5-12,14,16,19,24,31,40H,13,15,17-18,20-23H2,1-4H3,(H,41,43)(H2,38,39,46)/t24-,31-/m1/s1. The van der Waals surface area contributed by atoms with E-state index < -0.39 is 23.7 Å². The molecule has 11 heteroatoms. The minimum Gasteiger partial charge on any atom is -0.497 e. The van der Waals surface area contributed by atoms with E-state index in [0.29, 0.717) is 38.2 Å². The molecule has 3 aromatic rings.